The molecule has 1 aliphatic rings. The van der Waals surface area contributed by atoms with Crippen LogP contribution >= 0.6 is 11.8 Å². The van der Waals surface area contributed by atoms with Gasteiger partial charge in [-0.3, -0.25) is 4.79 Å². The quantitative estimate of drug-likeness (QED) is 0.873. The number of rotatable bonds is 5. The number of amides is 1. The van der Waals surface area contributed by atoms with Crippen molar-refractivity contribution in [2.45, 2.75) is 38.4 Å². The molecule has 3 nitrogen and oxygen atoms in total. The average Bonchev–Trinajstić information content (AvgIpc) is 2.46. The maximum Gasteiger partial charge on any atom is 0.253 e. The SMILES string of the molecule is CCNc1cc(C)ccc1C(=O)NCC1CCCCS1. The number of carbonyl (C=O) groups excluding carboxylic acids is 1. The van der Waals surface area contributed by atoms with E-state index in [0.717, 1.165) is 24.3 Å². The van der Waals surface area contributed by atoms with E-state index in [1.165, 1.54) is 30.6 Å². The van der Waals surface area contributed by atoms with E-state index in [-0.39, 0.29) is 5.91 Å². The van der Waals surface area contributed by atoms with Gasteiger partial charge in [-0.25, -0.2) is 0 Å². The van der Waals surface area contributed by atoms with Crippen molar-refractivity contribution in [2.24, 2.45) is 0 Å². The third-order valence-electron chi connectivity index (χ3n) is 3.55. The molecule has 0 spiro atoms. The molecule has 1 heterocycles. The smallest absolute Gasteiger partial charge is 0.253 e. The second-order valence-corrected chi connectivity index (χ2v) is 6.69. The van der Waals surface area contributed by atoms with Crippen LogP contribution in [0.25, 0.3) is 0 Å². The first-order valence-electron chi connectivity index (χ1n) is 7.45. The summed E-state index contributed by atoms with van der Waals surface area (Å²) < 4.78 is 0. The van der Waals surface area contributed by atoms with Crippen LogP contribution in [0.15, 0.2) is 18.2 Å². The molecule has 0 aliphatic carbocycles. The van der Waals surface area contributed by atoms with E-state index in [4.69, 9.17) is 0 Å². The zero-order valence-electron chi connectivity index (χ0n) is 12.4. The standard InChI is InChI=1S/C16H24N2OS/c1-3-17-15-10-12(2)7-8-14(15)16(19)18-11-13-6-4-5-9-20-13/h7-8,10,13,17H,3-6,9,11H2,1-2H3,(H,18,19). The lowest BCUT2D eigenvalue weighted by Gasteiger charge is -2.21. The van der Waals surface area contributed by atoms with Crippen LogP contribution in [-0.2, 0) is 0 Å². The maximum absolute atomic E-state index is 12.3. The van der Waals surface area contributed by atoms with E-state index >= 15 is 0 Å². The fourth-order valence-electron chi connectivity index (χ4n) is 2.46. The van der Waals surface area contributed by atoms with Gasteiger partial charge in [-0.15, -0.1) is 0 Å². The Morgan fingerprint density at radius 3 is 2.95 bits per heavy atom. The molecule has 4 heteroatoms. The third kappa shape index (κ3) is 4.17. The fourth-order valence-corrected chi connectivity index (χ4v) is 3.70. The molecule has 0 saturated carbocycles. The van der Waals surface area contributed by atoms with E-state index in [1.54, 1.807) is 0 Å². The monoisotopic (exact) mass is 292 g/mol. The first-order chi connectivity index (χ1) is 9.70. The number of aryl methyl sites for hydroxylation is 1. The highest BCUT2D eigenvalue weighted by Gasteiger charge is 2.16. The molecule has 1 aromatic carbocycles. The number of thioether (sulfide) groups is 1. The molecular weight excluding hydrogens is 268 g/mol. The topological polar surface area (TPSA) is 41.1 Å². The van der Waals surface area contributed by atoms with Gasteiger partial charge in [0.05, 0.1) is 5.56 Å². The molecule has 1 saturated heterocycles. The zero-order valence-corrected chi connectivity index (χ0v) is 13.2. The van der Waals surface area contributed by atoms with Crippen molar-refractivity contribution in [1.29, 1.82) is 0 Å². The summed E-state index contributed by atoms with van der Waals surface area (Å²) in [6.07, 6.45) is 3.83. The number of nitrogens with one attached hydrogen (secondary N) is 2. The van der Waals surface area contributed by atoms with Crippen molar-refractivity contribution in [2.75, 3.05) is 24.2 Å². The highest BCUT2D eigenvalue weighted by atomic mass is 32.2. The Labute approximate surface area is 125 Å². The summed E-state index contributed by atoms with van der Waals surface area (Å²) >= 11 is 1.99. The Hall–Kier alpha value is -1.16. The number of hydrogen-bond donors (Lipinski definition) is 2. The second-order valence-electron chi connectivity index (χ2n) is 5.28. The zero-order chi connectivity index (χ0) is 14.4. The summed E-state index contributed by atoms with van der Waals surface area (Å²) in [5.74, 6) is 1.26. The van der Waals surface area contributed by atoms with Crippen LogP contribution in [0.3, 0.4) is 0 Å². The molecule has 2 rings (SSSR count). The van der Waals surface area contributed by atoms with Gasteiger partial charge in [0.25, 0.3) is 5.91 Å². The van der Waals surface area contributed by atoms with Gasteiger partial charge in [0, 0.05) is 24.0 Å². The van der Waals surface area contributed by atoms with Gasteiger partial charge >= 0.3 is 0 Å². The Balaban J connectivity index is 1.97. The molecule has 1 unspecified atom stereocenters. The summed E-state index contributed by atoms with van der Waals surface area (Å²) in [5.41, 5.74) is 2.85. The van der Waals surface area contributed by atoms with Crippen LogP contribution in [0.1, 0.15) is 42.1 Å². The molecule has 1 aromatic rings. The lowest BCUT2D eigenvalue weighted by molar-refractivity contribution is 0.0954. The molecule has 1 atom stereocenters. The van der Waals surface area contributed by atoms with Crippen molar-refractivity contribution < 1.29 is 4.79 Å². The van der Waals surface area contributed by atoms with Crippen LogP contribution in [0.2, 0.25) is 0 Å². The largest absolute Gasteiger partial charge is 0.385 e. The van der Waals surface area contributed by atoms with Gasteiger partial charge in [0.15, 0.2) is 0 Å². The molecule has 1 fully saturated rings. The number of carbonyl (C=O) groups is 1. The van der Waals surface area contributed by atoms with Crippen molar-refractivity contribution in [1.82, 2.24) is 5.32 Å². The first-order valence-corrected chi connectivity index (χ1v) is 8.50. The molecule has 0 aromatic heterocycles. The highest BCUT2D eigenvalue weighted by molar-refractivity contribution is 7.99. The lowest BCUT2D eigenvalue weighted by atomic mass is 10.1. The van der Waals surface area contributed by atoms with Gasteiger partial charge < -0.3 is 10.6 Å². The van der Waals surface area contributed by atoms with Crippen LogP contribution in [0.4, 0.5) is 5.69 Å². The highest BCUT2D eigenvalue weighted by Crippen LogP contribution is 2.24. The van der Waals surface area contributed by atoms with Crippen LogP contribution in [-0.4, -0.2) is 30.0 Å². The third-order valence-corrected chi connectivity index (χ3v) is 4.95. The minimum atomic E-state index is 0.0344. The maximum atomic E-state index is 12.3. The predicted molar refractivity (Wildman–Crippen MR) is 87.8 cm³/mol. The van der Waals surface area contributed by atoms with Crippen molar-refractivity contribution >= 4 is 23.4 Å². The van der Waals surface area contributed by atoms with Crippen molar-refractivity contribution in [3.63, 3.8) is 0 Å². The summed E-state index contributed by atoms with van der Waals surface area (Å²) in [4.78, 5) is 12.3. The first kappa shape index (κ1) is 15.2. The molecule has 0 bridgehead atoms. The normalized spacial score (nSPS) is 18.6. The average molecular weight is 292 g/mol. The van der Waals surface area contributed by atoms with Gasteiger partial charge in [0.2, 0.25) is 0 Å². The van der Waals surface area contributed by atoms with Gasteiger partial charge in [-0.2, -0.15) is 11.8 Å². The summed E-state index contributed by atoms with van der Waals surface area (Å²) in [6.45, 7) is 5.69. The molecular formula is C16H24N2OS. The van der Waals surface area contributed by atoms with Gasteiger partial charge in [0.1, 0.15) is 0 Å². The van der Waals surface area contributed by atoms with E-state index in [9.17, 15) is 4.79 Å². The Bertz CT molecular complexity index is 456. The van der Waals surface area contributed by atoms with Crippen molar-refractivity contribution in [3.05, 3.63) is 29.3 Å². The Morgan fingerprint density at radius 1 is 1.40 bits per heavy atom. The Morgan fingerprint density at radius 2 is 2.25 bits per heavy atom. The summed E-state index contributed by atoms with van der Waals surface area (Å²) in [6, 6.07) is 5.94. The van der Waals surface area contributed by atoms with E-state index < -0.39 is 0 Å². The number of benzene rings is 1. The molecule has 110 valence electrons. The van der Waals surface area contributed by atoms with Crippen LogP contribution in [0, 0.1) is 6.92 Å². The molecule has 1 aliphatic heterocycles. The molecule has 20 heavy (non-hydrogen) atoms. The van der Waals surface area contributed by atoms with Crippen molar-refractivity contribution in [3.8, 4) is 0 Å². The molecule has 2 N–H and O–H groups in total. The second kappa shape index (κ2) is 7.58. The van der Waals surface area contributed by atoms with E-state index in [0.29, 0.717) is 5.25 Å². The number of anilines is 1. The minimum Gasteiger partial charge on any atom is -0.385 e. The lowest BCUT2D eigenvalue weighted by Crippen LogP contribution is -2.32. The predicted octanol–water partition coefficient (Wildman–Crippen LogP) is 3.44. The van der Waals surface area contributed by atoms with E-state index in [2.05, 4.69) is 10.6 Å². The van der Waals surface area contributed by atoms with Crippen LogP contribution in [0.5, 0.6) is 0 Å². The fraction of sp³-hybridized carbons (Fsp3) is 0.562. The van der Waals surface area contributed by atoms with E-state index in [1.807, 2.05) is 43.8 Å². The summed E-state index contributed by atoms with van der Waals surface area (Å²) in [7, 11) is 0. The van der Waals surface area contributed by atoms with Gasteiger partial charge in [-0.1, -0.05) is 12.5 Å². The molecule has 0 radical (unpaired) electrons. The number of hydrogen-bond acceptors (Lipinski definition) is 3. The Kier molecular flexibility index (Phi) is 5.77. The minimum absolute atomic E-state index is 0.0344. The molecule has 1 amide bonds. The van der Waals surface area contributed by atoms with Crippen LogP contribution < -0.4 is 10.6 Å². The summed E-state index contributed by atoms with van der Waals surface area (Å²) in [5, 5.41) is 6.94. The van der Waals surface area contributed by atoms with Gasteiger partial charge in [-0.05, 0) is 50.1 Å².